The van der Waals surface area contributed by atoms with E-state index in [1.165, 1.54) is 34.4 Å². The Balaban J connectivity index is 2.54. The predicted octanol–water partition coefficient (Wildman–Crippen LogP) is 0.811. The van der Waals surface area contributed by atoms with E-state index >= 15 is 0 Å². The zero-order valence-corrected chi connectivity index (χ0v) is 11.0. The largest absolute Gasteiger partial charge is 0.469 e. The first-order chi connectivity index (χ1) is 9.45. The third-order valence-corrected chi connectivity index (χ3v) is 3.11. The second-order valence-corrected chi connectivity index (χ2v) is 4.25. The number of imidazole rings is 1. The molecule has 1 aromatic heterocycles. The number of nitro benzene ring substituents is 1. The summed E-state index contributed by atoms with van der Waals surface area (Å²) in [7, 11) is 2.84. The number of carbonyl (C=O) groups is 1. The average Bonchev–Trinajstić information content (AvgIpc) is 2.68. The van der Waals surface area contributed by atoms with E-state index in [0.717, 1.165) is 0 Å². The van der Waals surface area contributed by atoms with Crippen LogP contribution in [0.1, 0.15) is 6.42 Å². The average molecular weight is 279 g/mol. The summed E-state index contributed by atoms with van der Waals surface area (Å²) in [4.78, 5) is 33.5. The van der Waals surface area contributed by atoms with E-state index in [2.05, 4.69) is 4.74 Å². The van der Waals surface area contributed by atoms with Crippen LogP contribution in [0, 0.1) is 10.1 Å². The third-order valence-electron chi connectivity index (χ3n) is 3.11. The van der Waals surface area contributed by atoms with Crippen LogP contribution in [0.5, 0.6) is 0 Å². The van der Waals surface area contributed by atoms with E-state index < -0.39 is 10.9 Å². The zero-order valence-electron chi connectivity index (χ0n) is 11.0. The molecule has 1 heterocycles. The van der Waals surface area contributed by atoms with Crippen molar-refractivity contribution in [1.82, 2.24) is 9.13 Å². The van der Waals surface area contributed by atoms with Gasteiger partial charge in [0, 0.05) is 25.7 Å². The number of nitrogens with zero attached hydrogens (tertiary/aromatic N) is 3. The van der Waals surface area contributed by atoms with Crippen molar-refractivity contribution in [2.45, 2.75) is 13.0 Å². The molecule has 0 atom stereocenters. The maximum absolute atomic E-state index is 12.1. The summed E-state index contributed by atoms with van der Waals surface area (Å²) in [6.07, 6.45) is 0.0260. The lowest BCUT2D eigenvalue weighted by molar-refractivity contribution is -0.384. The Labute approximate surface area is 113 Å². The normalized spacial score (nSPS) is 10.7. The molecule has 0 saturated heterocycles. The first-order valence-corrected chi connectivity index (χ1v) is 5.86. The fourth-order valence-corrected chi connectivity index (χ4v) is 2.03. The summed E-state index contributed by atoms with van der Waals surface area (Å²) in [6, 6.07) is 4.18. The quantitative estimate of drug-likeness (QED) is 0.468. The molecule has 0 saturated carbocycles. The highest BCUT2D eigenvalue weighted by Gasteiger charge is 2.15. The van der Waals surface area contributed by atoms with Gasteiger partial charge in [0.15, 0.2) is 0 Å². The maximum atomic E-state index is 12.1. The van der Waals surface area contributed by atoms with Crippen molar-refractivity contribution in [2.24, 2.45) is 7.05 Å². The van der Waals surface area contributed by atoms with Gasteiger partial charge in [-0.15, -0.1) is 0 Å². The van der Waals surface area contributed by atoms with Crippen LogP contribution in [-0.2, 0) is 23.1 Å². The van der Waals surface area contributed by atoms with E-state index in [-0.39, 0.29) is 24.3 Å². The van der Waals surface area contributed by atoms with Gasteiger partial charge in [-0.1, -0.05) is 0 Å². The summed E-state index contributed by atoms with van der Waals surface area (Å²) in [5.74, 6) is -0.445. The Morgan fingerprint density at radius 1 is 1.40 bits per heavy atom. The van der Waals surface area contributed by atoms with Gasteiger partial charge in [-0.3, -0.25) is 24.0 Å². The van der Waals surface area contributed by atoms with Gasteiger partial charge in [0.2, 0.25) is 0 Å². The molecule has 0 aliphatic carbocycles. The van der Waals surface area contributed by atoms with Gasteiger partial charge in [-0.05, 0) is 6.07 Å². The Morgan fingerprint density at radius 3 is 2.70 bits per heavy atom. The standard InChI is InChI=1S/C12H13N3O5/c1-13-9-4-3-8(15(18)19)7-10(9)14(12(13)17)6-5-11(16)20-2/h3-4,7H,5-6H2,1-2H3. The highest BCUT2D eigenvalue weighted by atomic mass is 16.6. The van der Waals surface area contributed by atoms with E-state index in [1.807, 2.05) is 0 Å². The fourth-order valence-electron chi connectivity index (χ4n) is 2.03. The number of hydrogen-bond donors (Lipinski definition) is 0. The second kappa shape index (κ2) is 5.16. The van der Waals surface area contributed by atoms with Crippen LogP contribution in [0.25, 0.3) is 11.0 Å². The highest BCUT2D eigenvalue weighted by molar-refractivity contribution is 5.79. The van der Waals surface area contributed by atoms with Crippen molar-refractivity contribution in [3.63, 3.8) is 0 Å². The molecule has 0 radical (unpaired) electrons. The van der Waals surface area contributed by atoms with Crippen LogP contribution in [0.2, 0.25) is 0 Å². The van der Waals surface area contributed by atoms with Crippen LogP contribution >= 0.6 is 0 Å². The first-order valence-electron chi connectivity index (χ1n) is 5.86. The Kier molecular flexibility index (Phi) is 3.55. The summed E-state index contributed by atoms with van der Waals surface area (Å²) >= 11 is 0. The van der Waals surface area contributed by atoms with Gasteiger partial charge in [-0.2, -0.15) is 0 Å². The van der Waals surface area contributed by atoms with Crippen LogP contribution in [-0.4, -0.2) is 27.1 Å². The van der Waals surface area contributed by atoms with Gasteiger partial charge >= 0.3 is 11.7 Å². The van der Waals surface area contributed by atoms with Crippen LogP contribution in [0.15, 0.2) is 23.0 Å². The summed E-state index contributed by atoms with van der Waals surface area (Å²) in [5, 5.41) is 10.8. The molecule has 8 nitrogen and oxygen atoms in total. The Bertz CT molecular complexity index is 743. The Hall–Kier alpha value is -2.64. The van der Waals surface area contributed by atoms with Crippen molar-refractivity contribution < 1.29 is 14.5 Å². The van der Waals surface area contributed by atoms with Crippen molar-refractivity contribution in [1.29, 1.82) is 0 Å². The van der Waals surface area contributed by atoms with Crippen LogP contribution in [0.3, 0.4) is 0 Å². The first kappa shape index (κ1) is 13.8. The third kappa shape index (κ3) is 2.27. The minimum Gasteiger partial charge on any atom is -0.469 e. The molecule has 0 fully saturated rings. The van der Waals surface area contributed by atoms with Gasteiger partial charge in [0.25, 0.3) is 5.69 Å². The SMILES string of the molecule is COC(=O)CCn1c(=O)n(C)c2ccc([N+](=O)[O-])cc21. The van der Waals surface area contributed by atoms with Crippen molar-refractivity contribution >= 4 is 22.7 Å². The number of fused-ring (bicyclic) bond motifs is 1. The zero-order chi connectivity index (χ0) is 14.9. The number of aryl methyl sites for hydroxylation is 2. The lowest BCUT2D eigenvalue weighted by Crippen LogP contribution is -2.23. The molecule has 8 heteroatoms. The minimum atomic E-state index is -0.526. The number of nitro groups is 1. The van der Waals surface area contributed by atoms with Gasteiger partial charge < -0.3 is 4.74 Å². The molecule has 20 heavy (non-hydrogen) atoms. The van der Waals surface area contributed by atoms with E-state index in [9.17, 15) is 19.7 Å². The van der Waals surface area contributed by atoms with Crippen LogP contribution < -0.4 is 5.69 Å². The predicted molar refractivity (Wildman–Crippen MR) is 70.5 cm³/mol. The monoisotopic (exact) mass is 279 g/mol. The van der Waals surface area contributed by atoms with E-state index in [1.54, 1.807) is 7.05 Å². The number of hydrogen-bond acceptors (Lipinski definition) is 5. The van der Waals surface area contributed by atoms with Crippen LogP contribution in [0.4, 0.5) is 5.69 Å². The number of rotatable bonds is 4. The molecule has 2 aromatic rings. The van der Waals surface area contributed by atoms with Crippen molar-refractivity contribution in [3.05, 3.63) is 38.8 Å². The summed E-state index contributed by atoms with van der Waals surface area (Å²) < 4.78 is 7.24. The highest BCUT2D eigenvalue weighted by Crippen LogP contribution is 2.20. The lowest BCUT2D eigenvalue weighted by Gasteiger charge is -2.02. The fraction of sp³-hybridized carbons (Fsp3) is 0.333. The number of methoxy groups -OCH3 is 1. The molecule has 0 bridgehead atoms. The van der Waals surface area contributed by atoms with Gasteiger partial charge in [0.05, 0.1) is 29.5 Å². The molecule has 0 spiro atoms. The molecule has 1 aromatic carbocycles. The lowest BCUT2D eigenvalue weighted by atomic mass is 10.2. The van der Waals surface area contributed by atoms with Crippen molar-refractivity contribution in [2.75, 3.05) is 7.11 Å². The van der Waals surface area contributed by atoms with Gasteiger partial charge in [0.1, 0.15) is 0 Å². The molecule has 0 aliphatic heterocycles. The second-order valence-electron chi connectivity index (χ2n) is 4.25. The molecule has 106 valence electrons. The Morgan fingerprint density at radius 2 is 2.10 bits per heavy atom. The van der Waals surface area contributed by atoms with E-state index in [0.29, 0.717) is 11.0 Å². The number of carbonyl (C=O) groups excluding carboxylic acids is 1. The number of non-ortho nitro benzene ring substituents is 1. The molecule has 2 rings (SSSR count). The number of esters is 1. The van der Waals surface area contributed by atoms with E-state index in [4.69, 9.17) is 0 Å². The minimum absolute atomic E-state index is 0.0260. The summed E-state index contributed by atoms with van der Waals surface area (Å²) in [5.41, 5.74) is 0.570. The van der Waals surface area contributed by atoms with Crippen molar-refractivity contribution in [3.8, 4) is 0 Å². The maximum Gasteiger partial charge on any atom is 0.328 e. The smallest absolute Gasteiger partial charge is 0.328 e. The topological polar surface area (TPSA) is 96.4 Å². The number of ether oxygens (including phenoxy) is 1. The summed E-state index contributed by atoms with van der Waals surface area (Å²) in [6.45, 7) is 0.115. The van der Waals surface area contributed by atoms with Gasteiger partial charge in [-0.25, -0.2) is 4.79 Å². The number of aromatic nitrogens is 2. The molecule has 0 aliphatic rings. The molecular formula is C12H13N3O5. The number of benzene rings is 1. The molecule has 0 amide bonds. The molecule has 0 N–H and O–H groups in total. The molecular weight excluding hydrogens is 266 g/mol. The molecule has 0 unspecified atom stereocenters.